The number of ether oxygens (including phenoxy) is 1. The maximum atomic E-state index is 13.0. The molecule has 4 rings (SSSR count). The van der Waals surface area contributed by atoms with Crippen LogP contribution in [0.3, 0.4) is 0 Å². The van der Waals surface area contributed by atoms with Gasteiger partial charge < -0.3 is 9.84 Å². The third-order valence-corrected chi connectivity index (χ3v) is 7.24. The van der Waals surface area contributed by atoms with E-state index in [1.165, 1.54) is 0 Å². The van der Waals surface area contributed by atoms with Crippen molar-refractivity contribution in [3.05, 3.63) is 103 Å². The third-order valence-electron chi connectivity index (χ3n) is 5.46. The Morgan fingerprint density at radius 3 is 1.45 bits per heavy atom. The molecule has 0 aliphatic heterocycles. The number of benzene rings is 4. The molecule has 0 unspecified atom stereocenters. The Labute approximate surface area is 195 Å². The molecule has 1 N–H and O–H groups in total. The molecule has 0 saturated heterocycles. The molecule has 0 spiro atoms. The molecule has 0 heterocycles. The van der Waals surface area contributed by atoms with E-state index in [9.17, 15) is 13.5 Å². The van der Waals surface area contributed by atoms with Gasteiger partial charge in [-0.25, -0.2) is 8.42 Å². The zero-order chi connectivity index (χ0) is 23.6. The lowest BCUT2D eigenvalue weighted by Crippen LogP contribution is -2.11. The minimum Gasteiger partial charge on any atom is -0.508 e. The predicted molar refractivity (Wildman–Crippen MR) is 131 cm³/mol. The van der Waals surface area contributed by atoms with Gasteiger partial charge in [0.05, 0.1) is 9.79 Å². The lowest BCUT2D eigenvalue weighted by Gasteiger charge is -2.19. The van der Waals surface area contributed by atoms with Gasteiger partial charge in [-0.15, -0.1) is 0 Å². The molecule has 0 fully saturated rings. The van der Waals surface area contributed by atoms with Gasteiger partial charge in [-0.05, 0) is 82.8 Å². The Kier molecular flexibility index (Phi) is 6.00. The summed E-state index contributed by atoms with van der Waals surface area (Å²) in [6.07, 6.45) is 0. The zero-order valence-corrected chi connectivity index (χ0v) is 19.6. The van der Waals surface area contributed by atoms with Crippen molar-refractivity contribution in [3.63, 3.8) is 0 Å². The third kappa shape index (κ3) is 5.10. The van der Waals surface area contributed by atoms with E-state index in [1.807, 2.05) is 48.5 Å². The van der Waals surface area contributed by atoms with E-state index in [1.54, 1.807) is 48.5 Å². The molecule has 0 aliphatic carbocycles. The highest BCUT2D eigenvalue weighted by molar-refractivity contribution is 7.91. The number of hydrogen-bond donors (Lipinski definition) is 1. The maximum absolute atomic E-state index is 13.0. The molecule has 4 nitrogen and oxygen atoms in total. The summed E-state index contributed by atoms with van der Waals surface area (Å²) in [6.45, 7) is 6.28. The van der Waals surface area contributed by atoms with Crippen LogP contribution < -0.4 is 4.74 Å². The fourth-order valence-electron chi connectivity index (χ4n) is 3.46. The molecule has 0 atom stereocenters. The van der Waals surface area contributed by atoms with Crippen molar-refractivity contribution in [3.8, 4) is 28.4 Å². The highest BCUT2D eigenvalue weighted by Gasteiger charge is 2.20. The zero-order valence-electron chi connectivity index (χ0n) is 18.8. The minimum atomic E-state index is -3.60. The van der Waals surface area contributed by atoms with E-state index in [4.69, 9.17) is 4.74 Å². The van der Waals surface area contributed by atoms with Gasteiger partial charge in [-0.2, -0.15) is 0 Å². The van der Waals surface area contributed by atoms with Gasteiger partial charge in [0.1, 0.15) is 17.2 Å². The van der Waals surface area contributed by atoms with E-state index < -0.39 is 9.84 Å². The Morgan fingerprint density at radius 1 is 0.606 bits per heavy atom. The first-order valence-electron chi connectivity index (χ1n) is 10.7. The second kappa shape index (κ2) is 8.75. The van der Waals surface area contributed by atoms with Crippen molar-refractivity contribution in [2.24, 2.45) is 0 Å². The molecule has 0 saturated carbocycles. The van der Waals surface area contributed by atoms with Gasteiger partial charge in [0.2, 0.25) is 9.84 Å². The van der Waals surface area contributed by atoms with Crippen molar-refractivity contribution >= 4 is 9.84 Å². The Bertz CT molecular complexity index is 1330. The molecule has 0 radical (unpaired) electrons. The Hall–Kier alpha value is -3.57. The Morgan fingerprint density at radius 2 is 1.00 bits per heavy atom. The predicted octanol–water partition coefficient (Wildman–Crippen LogP) is 6.98. The quantitative estimate of drug-likeness (QED) is 0.350. The molecular formula is C28H26O4S. The summed E-state index contributed by atoms with van der Waals surface area (Å²) in [5.74, 6) is 1.42. The van der Waals surface area contributed by atoms with E-state index in [2.05, 4.69) is 20.8 Å². The summed E-state index contributed by atoms with van der Waals surface area (Å²) in [5.41, 5.74) is 3.04. The average Bonchev–Trinajstić information content (AvgIpc) is 2.80. The summed E-state index contributed by atoms with van der Waals surface area (Å²) < 4.78 is 31.9. The van der Waals surface area contributed by atoms with Crippen molar-refractivity contribution in [2.45, 2.75) is 36.0 Å². The van der Waals surface area contributed by atoms with Crippen LogP contribution in [-0.2, 0) is 15.3 Å². The summed E-state index contributed by atoms with van der Waals surface area (Å²) >= 11 is 0. The summed E-state index contributed by atoms with van der Waals surface area (Å²) in [7, 11) is -3.60. The van der Waals surface area contributed by atoms with Crippen molar-refractivity contribution in [2.75, 3.05) is 0 Å². The minimum absolute atomic E-state index is 0.0382. The van der Waals surface area contributed by atoms with Gasteiger partial charge in [-0.1, -0.05) is 57.2 Å². The van der Waals surface area contributed by atoms with Crippen LogP contribution >= 0.6 is 0 Å². The smallest absolute Gasteiger partial charge is 0.206 e. The SMILES string of the molecule is CC(C)(C)c1ccc(S(=O)(=O)c2ccc(Oc3ccc(-c4ccc(O)cc4)cc3)cc2)cc1. The summed E-state index contributed by atoms with van der Waals surface area (Å²) in [6, 6.07) is 28.1. The highest BCUT2D eigenvalue weighted by Crippen LogP contribution is 2.30. The molecule has 4 aromatic carbocycles. The lowest BCUT2D eigenvalue weighted by molar-refractivity contribution is 0.475. The molecule has 4 aromatic rings. The molecule has 33 heavy (non-hydrogen) atoms. The molecule has 168 valence electrons. The second-order valence-electron chi connectivity index (χ2n) is 8.92. The first-order valence-corrected chi connectivity index (χ1v) is 12.1. The van der Waals surface area contributed by atoms with E-state index in [-0.39, 0.29) is 21.0 Å². The maximum Gasteiger partial charge on any atom is 0.206 e. The standard InChI is InChI=1S/C28H26O4S/c1-28(2,3)22-8-16-26(17-9-22)33(30,31)27-18-14-25(15-19-27)32-24-12-6-21(7-13-24)20-4-10-23(29)11-5-20/h4-19,29H,1-3H3. The van der Waals surface area contributed by atoms with Crippen LogP contribution in [0.5, 0.6) is 17.2 Å². The van der Waals surface area contributed by atoms with Gasteiger partial charge in [0.15, 0.2) is 0 Å². The van der Waals surface area contributed by atoms with Gasteiger partial charge in [0.25, 0.3) is 0 Å². The van der Waals surface area contributed by atoms with Crippen LogP contribution in [-0.4, -0.2) is 13.5 Å². The van der Waals surface area contributed by atoms with Crippen molar-refractivity contribution in [1.82, 2.24) is 0 Å². The van der Waals surface area contributed by atoms with Crippen LogP contribution in [0.1, 0.15) is 26.3 Å². The fourth-order valence-corrected chi connectivity index (χ4v) is 4.72. The average molecular weight is 459 g/mol. The molecular weight excluding hydrogens is 432 g/mol. The van der Waals surface area contributed by atoms with E-state index >= 15 is 0 Å². The van der Waals surface area contributed by atoms with Crippen LogP contribution in [0, 0.1) is 0 Å². The molecule has 0 aromatic heterocycles. The van der Waals surface area contributed by atoms with Crippen molar-refractivity contribution in [1.29, 1.82) is 0 Å². The fraction of sp³-hybridized carbons (Fsp3) is 0.143. The topological polar surface area (TPSA) is 63.6 Å². The van der Waals surface area contributed by atoms with Crippen LogP contribution in [0.25, 0.3) is 11.1 Å². The number of hydrogen-bond acceptors (Lipinski definition) is 4. The molecule has 0 bridgehead atoms. The van der Waals surface area contributed by atoms with E-state index in [0.29, 0.717) is 11.5 Å². The second-order valence-corrected chi connectivity index (χ2v) is 10.9. The molecule has 0 aliphatic rings. The first kappa shape index (κ1) is 22.6. The van der Waals surface area contributed by atoms with E-state index in [0.717, 1.165) is 16.7 Å². The monoisotopic (exact) mass is 458 g/mol. The first-order chi connectivity index (χ1) is 15.6. The number of aromatic hydroxyl groups is 1. The van der Waals surface area contributed by atoms with Gasteiger partial charge in [0, 0.05) is 0 Å². The largest absolute Gasteiger partial charge is 0.508 e. The number of phenolic OH excluding ortho intramolecular Hbond substituents is 1. The van der Waals surface area contributed by atoms with Crippen molar-refractivity contribution < 1.29 is 18.3 Å². The summed E-state index contributed by atoms with van der Waals surface area (Å²) in [4.78, 5) is 0.495. The Balaban J connectivity index is 1.48. The highest BCUT2D eigenvalue weighted by atomic mass is 32.2. The van der Waals surface area contributed by atoms with Crippen LogP contribution in [0.2, 0.25) is 0 Å². The number of sulfone groups is 1. The number of phenols is 1. The van der Waals surface area contributed by atoms with Gasteiger partial charge in [-0.3, -0.25) is 0 Å². The van der Waals surface area contributed by atoms with Crippen LogP contribution in [0.15, 0.2) is 107 Å². The molecule has 5 heteroatoms. The lowest BCUT2D eigenvalue weighted by atomic mass is 9.87. The van der Waals surface area contributed by atoms with Gasteiger partial charge >= 0.3 is 0 Å². The number of rotatable bonds is 5. The molecule has 0 amide bonds. The van der Waals surface area contributed by atoms with Crippen LogP contribution in [0.4, 0.5) is 0 Å². The normalized spacial score (nSPS) is 11.8. The summed E-state index contributed by atoms with van der Waals surface area (Å²) in [5, 5.41) is 9.43.